The van der Waals surface area contributed by atoms with E-state index in [2.05, 4.69) is 0 Å². The SMILES string of the molecule is CC[C@@H]1OC(=O)[C@@]2(c3cccc(F)c3)C[C@@H]12. The fourth-order valence-corrected chi connectivity index (χ4v) is 2.88. The van der Waals surface area contributed by atoms with Crippen molar-refractivity contribution in [3.63, 3.8) is 0 Å². The number of hydrogen-bond donors (Lipinski definition) is 0. The molecule has 16 heavy (non-hydrogen) atoms. The van der Waals surface area contributed by atoms with E-state index < -0.39 is 5.41 Å². The fraction of sp³-hybridized carbons (Fsp3) is 0.462. The van der Waals surface area contributed by atoms with Crippen LogP contribution < -0.4 is 0 Å². The van der Waals surface area contributed by atoms with Crippen molar-refractivity contribution < 1.29 is 13.9 Å². The maximum absolute atomic E-state index is 13.2. The molecule has 0 aromatic heterocycles. The minimum absolute atomic E-state index is 0.0239. The average molecular weight is 220 g/mol. The molecule has 0 spiro atoms. The molecule has 1 aromatic rings. The van der Waals surface area contributed by atoms with Crippen LogP contribution in [0.25, 0.3) is 0 Å². The summed E-state index contributed by atoms with van der Waals surface area (Å²) in [5.41, 5.74) is 0.251. The van der Waals surface area contributed by atoms with Crippen molar-refractivity contribution in [1.82, 2.24) is 0 Å². The van der Waals surface area contributed by atoms with Crippen LogP contribution in [0.2, 0.25) is 0 Å². The van der Waals surface area contributed by atoms with Gasteiger partial charge in [-0.3, -0.25) is 4.79 Å². The number of cyclic esters (lactones) is 1. The Morgan fingerprint density at radius 2 is 2.38 bits per heavy atom. The number of halogens is 1. The van der Waals surface area contributed by atoms with Crippen LogP contribution in [0.15, 0.2) is 24.3 Å². The minimum atomic E-state index is -0.525. The number of hydrogen-bond acceptors (Lipinski definition) is 2. The van der Waals surface area contributed by atoms with Crippen LogP contribution in [0.5, 0.6) is 0 Å². The molecular formula is C13H13FO2. The molecule has 1 saturated carbocycles. The molecule has 3 atom stereocenters. The summed E-state index contributed by atoms with van der Waals surface area (Å²) in [4.78, 5) is 11.9. The van der Waals surface area contributed by atoms with Gasteiger partial charge >= 0.3 is 5.97 Å². The molecule has 1 aliphatic carbocycles. The number of carbonyl (C=O) groups is 1. The van der Waals surface area contributed by atoms with E-state index in [9.17, 15) is 9.18 Å². The van der Waals surface area contributed by atoms with Gasteiger partial charge in [-0.05, 0) is 30.5 Å². The third-order valence-corrected chi connectivity index (χ3v) is 3.83. The molecule has 3 rings (SSSR count). The highest BCUT2D eigenvalue weighted by Crippen LogP contribution is 2.62. The molecule has 1 heterocycles. The third kappa shape index (κ3) is 1.09. The van der Waals surface area contributed by atoms with Crippen molar-refractivity contribution in [2.45, 2.75) is 31.3 Å². The average Bonchev–Trinajstić information content (AvgIpc) is 2.96. The molecule has 2 aliphatic rings. The molecule has 0 radical (unpaired) electrons. The summed E-state index contributed by atoms with van der Waals surface area (Å²) < 4.78 is 18.5. The Bertz CT molecular complexity index is 457. The van der Waals surface area contributed by atoms with Crippen molar-refractivity contribution in [3.8, 4) is 0 Å². The predicted octanol–water partition coefficient (Wildman–Crippen LogP) is 2.42. The second-order valence-electron chi connectivity index (χ2n) is 4.64. The molecule has 1 aliphatic heterocycles. The Morgan fingerprint density at radius 3 is 2.94 bits per heavy atom. The molecular weight excluding hydrogens is 207 g/mol. The summed E-state index contributed by atoms with van der Waals surface area (Å²) in [6.45, 7) is 2.01. The molecule has 0 unspecified atom stereocenters. The van der Waals surface area contributed by atoms with Crippen molar-refractivity contribution >= 4 is 5.97 Å². The summed E-state index contributed by atoms with van der Waals surface area (Å²) in [5.74, 6) is -0.202. The summed E-state index contributed by atoms with van der Waals surface area (Å²) in [6.07, 6.45) is 1.68. The molecule has 3 heteroatoms. The first-order valence-electron chi connectivity index (χ1n) is 5.65. The van der Waals surface area contributed by atoms with Gasteiger partial charge in [-0.2, -0.15) is 0 Å². The van der Waals surface area contributed by atoms with E-state index in [1.165, 1.54) is 12.1 Å². The number of benzene rings is 1. The zero-order valence-electron chi connectivity index (χ0n) is 9.07. The molecule has 2 nitrogen and oxygen atoms in total. The zero-order chi connectivity index (χ0) is 11.3. The van der Waals surface area contributed by atoms with Crippen molar-refractivity contribution in [3.05, 3.63) is 35.6 Å². The van der Waals surface area contributed by atoms with Crippen LogP contribution in [0.1, 0.15) is 25.3 Å². The minimum Gasteiger partial charge on any atom is -0.461 e. The highest BCUT2D eigenvalue weighted by atomic mass is 19.1. The van der Waals surface area contributed by atoms with Gasteiger partial charge in [0, 0.05) is 5.92 Å². The van der Waals surface area contributed by atoms with Gasteiger partial charge in [0.2, 0.25) is 0 Å². The van der Waals surface area contributed by atoms with Crippen molar-refractivity contribution in [2.75, 3.05) is 0 Å². The Labute approximate surface area is 93.4 Å². The van der Waals surface area contributed by atoms with Crippen LogP contribution >= 0.6 is 0 Å². The van der Waals surface area contributed by atoms with Crippen LogP contribution in [-0.2, 0) is 14.9 Å². The number of ether oxygens (including phenoxy) is 1. The third-order valence-electron chi connectivity index (χ3n) is 3.83. The Hall–Kier alpha value is -1.38. The summed E-state index contributed by atoms with van der Waals surface area (Å²) in [6, 6.07) is 6.33. The van der Waals surface area contributed by atoms with Gasteiger partial charge in [0.05, 0.1) is 5.41 Å². The molecule has 0 N–H and O–H groups in total. The Kier molecular flexibility index (Phi) is 1.88. The van der Waals surface area contributed by atoms with Crippen molar-refractivity contribution in [1.29, 1.82) is 0 Å². The number of fused-ring (bicyclic) bond motifs is 1. The lowest BCUT2D eigenvalue weighted by Gasteiger charge is -2.10. The Morgan fingerprint density at radius 1 is 1.56 bits per heavy atom. The van der Waals surface area contributed by atoms with Crippen LogP contribution in [0.3, 0.4) is 0 Å². The van der Waals surface area contributed by atoms with Gasteiger partial charge in [0.15, 0.2) is 0 Å². The first kappa shape index (κ1) is 9.82. The van der Waals surface area contributed by atoms with Gasteiger partial charge in [0.1, 0.15) is 11.9 Å². The first-order valence-corrected chi connectivity index (χ1v) is 5.65. The molecule has 1 aromatic carbocycles. The van der Waals surface area contributed by atoms with Gasteiger partial charge in [-0.15, -0.1) is 0 Å². The summed E-state index contributed by atoms with van der Waals surface area (Å²) in [7, 11) is 0. The largest absolute Gasteiger partial charge is 0.461 e. The van der Waals surface area contributed by atoms with Crippen molar-refractivity contribution in [2.24, 2.45) is 5.92 Å². The second kappa shape index (κ2) is 3.06. The molecule has 0 amide bonds. The maximum atomic E-state index is 13.2. The highest BCUT2D eigenvalue weighted by molar-refractivity contribution is 5.90. The topological polar surface area (TPSA) is 26.3 Å². The zero-order valence-corrected chi connectivity index (χ0v) is 9.07. The van der Waals surface area contributed by atoms with E-state index in [4.69, 9.17) is 4.74 Å². The smallest absolute Gasteiger partial charge is 0.317 e. The van der Waals surface area contributed by atoms with Gasteiger partial charge < -0.3 is 4.74 Å². The van der Waals surface area contributed by atoms with E-state index in [0.717, 1.165) is 18.4 Å². The highest BCUT2D eigenvalue weighted by Gasteiger charge is 2.70. The van der Waals surface area contributed by atoms with E-state index in [0.29, 0.717) is 0 Å². The lowest BCUT2D eigenvalue weighted by molar-refractivity contribution is -0.146. The standard InChI is InChI=1S/C13H13FO2/c1-2-11-10-7-13(10,12(15)16-11)8-4-3-5-9(14)6-8/h3-6,10-11H,2,7H2,1H3/t10-,11-,13+/m0/s1. The van der Waals surface area contributed by atoms with Crippen LogP contribution in [0.4, 0.5) is 4.39 Å². The maximum Gasteiger partial charge on any atom is 0.317 e. The van der Waals surface area contributed by atoms with Crippen LogP contribution in [-0.4, -0.2) is 12.1 Å². The number of carbonyl (C=O) groups excluding carboxylic acids is 1. The summed E-state index contributed by atoms with van der Waals surface area (Å²) in [5, 5.41) is 0. The predicted molar refractivity (Wildman–Crippen MR) is 56.4 cm³/mol. The molecule has 0 bridgehead atoms. The number of rotatable bonds is 2. The molecule has 1 saturated heterocycles. The second-order valence-corrected chi connectivity index (χ2v) is 4.64. The summed E-state index contributed by atoms with van der Waals surface area (Å²) >= 11 is 0. The number of esters is 1. The lowest BCUT2D eigenvalue weighted by Crippen LogP contribution is -2.19. The van der Waals surface area contributed by atoms with E-state index in [1.54, 1.807) is 6.07 Å². The van der Waals surface area contributed by atoms with E-state index in [-0.39, 0.29) is 23.8 Å². The van der Waals surface area contributed by atoms with Gasteiger partial charge in [-0.1, -0.05) is 19.1 Å². The fourth-order valence-electron chi connectivity index (χ4n) is 2.88. The van der Waals surface area contributed by atoms with E-state index in [1.807, 2.05) is 13.0 Å². The lowest BCUT2D eigenvalue weighted by atomic mass is 9.93. The van der Waals surface area contributed by atoms with Gasteiger partial charge in [0.25, 0.3) is 0 Å². The quantitative estimate of drug-likeness (QED) is 0.715. The monoisotopic (exact) mass is 220 g/mol. The van der Waals surface area contributed by atoms with E-state index >= 15 is 0 Å². The van der Waals surface area contributed by atoms with Gasteiger partial charge in [-0.25, -0.2) is 4.39 Å². The Balaban J connectivity index is 2.00. The molecule has 2 fully saturated rings. The van der Waals surface area contributed by atoms with Crippen LogP contribution in [0, 0.1) is 11.7 Å². The molecule has 84 valence electrons. The normalized spacial score (nSPS) is 35.8. The first-order chi connectivity index (χ1) is 7.68.